The van der Waals surface area contributed by atoms with Crippen LogP contribution in [0.1, 0.15) is 19.8 Å². The fourth-order valence-corrected chi connectivity index (χ4v) is 2.86. The van der Waals surface area contributed by atoms with E-state index >= 15 is 0 Å². The van der Waals surface area contributed by atoms with Crippen LogP contribution < -0.4 is 5.32 Å². The zero-order valence-corrected chi connectivity index (χ0v) is 12.6. The van der Waals surface area contributed by atoms with Gasteiger partial charge in [0.05, 0.1) is 26.2 Å². The highest BCUT2D eigenvalue weighted by molar-refractivity contribution is 5.85. The van der Waals surface area contributed by atoms with E-state index in [0.717, 1.165) is 32.7 Å². The molecule has 0 spiro atoms. The van der Waals surface area contributed by atoms with Crippen molar-refractivity contribution < 1.29 is 14.3 Å². The van der Waals surface area contributed by atoms with Gasteiger partial charge in [0.1, 0.15) is 0 Å². The van der Waals surface area contributed by atoms with Gasteiger partial charge in [0.25, 0.3) is 0 Å². The van der Waals surface area contributed by atoms with E-state index in [1.165, 1.54) is 13.5 Å². The molecule has 2 fully saturated rings. The number of ether oxygens (including phenoxy) is 2. The van der Waals surface area contributed by atoms with E-state index in [1.54, 1.807) is 0 Å². The van der Waals surface area contributed by atoms with E-state index in [1.807, 2.05) is 0 Å². The lowest BCUT2D eigenvalue weighted by Crippen LogP contribution is -2.47. The van der Waals surface area contributed by atoms with Crippen LogP contribution in [-0.4, -0.2) is 63.4 Å². The van der Waals surface area contributed by atoms with Crippen molar-refractivity contribution in [3.8, 4) is 0 Å². The molecule has 5 nitrogen and oxygen atoms in total. The van der Waals surface area contributed by atoms with Gasteiger partial charge >= 0.3 is 5.97 Å². The average molecular weight is 293 g/mol. The van der Waals surface area contributed by atoms with Crippen molar-refractivity contribution in [2.45, 2.75) is 25.9 Å². The highest BCUT2D eigenvalue weighted by Crippen LogP contribution is 2.26. The number of nitrogens with one attached hydrogen (secondary N) is 1. The normalized spacial score (nSPS) is 31.8. The van der Waals surface area contributed by atoms with Gasteiger partial charge in [-0.15, -0.1) is 12.4 Å². The third-order valence-electron chi connectivity index (χ3n) is 3.91. The van der Waals surface area contributed by atoms with Crippen molar-refractivity contribution in [2.24, 2.45) is 5.41 Å². The summed E-state index contributed by atoms with van der Waals surface area (Å²) in [6.07, 6.45) is 1.58. The minimum Gasteiger partial charge on any atom is -0.469 e. The first-order valence-electron chi connectivity index (χ1n) is 6.73. The van der Waals surface area contributed by atoms with Crippen LogP contribution in [0.15, 0.2) is 0 Å². The third kappa shape index (κ3) is 4.91. The molecule has 112 valence electrons. The molecule has 2 unspecified atom stereocenters. The van der Waals surface area contributed by atoms with Gasteiger partial charge in [-0.2, -0.15) is 0 Å². The molecule has 2 heterocycles. The van der Waals surface area contributed by atoms with Crippen LogP contribution in [0.25, 0.3) is 0 Å². The molecule has 0 aromatic carbocycles. The van der Waals surface area contributed by atoms with Gasteiger partial charge in [-0.25, -0.2) is 0 Å². The number of nitrogens with zero attached hydrogens (tertiary/aromatic N) is 1. The number of rotatable bonds is 4. The molecule has 2 saturated heterocycles. The minimum atomic E-state index is -0.185. The van der Waals surface area contributed by atoms with E-state index in [9.17, 15) is 4.79 Å². The van der Waals surface area contributed by atoms with Crippen LogP contribution >= 0.6 is 12.4 Å². The Morgan fingerprint density at radius 2 is 2.37 bits per heavy atom. The van der Waals surface area contributed by atoms with Crippen molar-refractivity contribution in [1.29, 1.82) is 0 Å². The van der Waals surface area contributed by atoms with E-state index in [2.05, 4.69) is 17.1 Å². The third-order valence-corrected chi connectivity index (χ3v) is 3.91. The Labute approximate surface area is 121 Å². The predicted octanol–water partition coefficient (Wildman–Crippen LogP) is 0.672. The second-order valence-corrected chi connectivity index (χ2v) is 5.75. The molecule has 19 heavy (non-hydrogen) atoms. The van der Waals surface area contributed by atoms with E-state index in [4.69, 9.17) is 9.47 Å². The highest BCUT2D eigenvalue weighted by Gasteiger charge is 2.33. The number of hydrogen-bond donors (Lipinski definition) is 1. The van der Waals surface area contributed by atoms with Gasteiger partial charge in [-0.3, -0.25) is 9.69 Å². The zero-order valence-electron chi connectivity index (χ0n) is 11.8. The fourth-order valence-electron chi connectivity index (χ4n) is 2.86. The van der Waals surface area contributed by atoms with Crippen LogP contribution in [0.4, 0.5) is 0 Å². The number of hydrogen-bond acceptors (Lipinski definition) is 5. The molecule has 0 aromatic heterocycles. The first-order valence-corrected chi connectivity index (χ1v) is 6.73. The van der Waals surface area contributed by atoms with Gasteiger partial charge < -0.3 is 14.8 Å². The summed E-state index contributed by atoms with van der Waals surface area (Å²) in [6, 6.07) is 0. The number of carbonyl (C=O) groups is 1. The molecule has 6 heteroatoms. The minimum absolute atomic E-state index is 0. The molecule has 0 saturated carbocycles. The summed E-state index contributed by atoms with van der Waals surface area (Å²) in [5.41, 5.74) is 0.368. The average Bonchev–Trinajstić information content (AvgIpc) is 2.76. The molecule has 1 N–H and O–H groups in total. The Bertz CT molecular complexity index is 296. The molecular formula is C13H25ClN2O3. The van der Waals surface area contributed by atoms with Crippen molar-refractivity contribution in [2.75, 3.05) is 46.4 Å². The molecule has 0 radical (unpaired) electrons. The largest absolute Gasteiger partial charge is 0.469 e. The molecule has 2 rings (SSSR count). The summed E-state index contributed by atoms with van der Waals surface area (Å²) >= 11 is 0. The van der Waals surface area contributed by atoms with Crippen molar-refractivity contribution in [3.05, 3.63) is 0 Å². The first kappa shape index (κ1) is 16.7. The number of methoxy groups -OCH3 is 1. The van der Waals surface area contributed by atoms with Gasteiger partial charge in [0.15, 0.2) is 0 Å². The second kappa shape index (κ2) is 7.43. The molecule has 2 aliphatic rings. The first-order chi connectivity index (χ1) is 8.61. The number of halogens is 1. The Kier molecular flexibility index (Phi) is 6.53. The van der Waals surface area contributed by atoms with Crippen molar-refractivity contribution in [3.63, 3.8) is 0 Å². The summed E-state index contributed by atoms with van der Waals surface area (Å²) < 4.78 is 10.3. The summed E-state index contributed by atoms with van der Waals surface area (Å²) in [5, 5.41) is 3.42. The Morgan fingerprint density at radius 3 is 3.00 bits per heavy atom. The lowest BCUT2D eigenvalue weighted by atomic mass is 9.89. The van der Waals surface area contributed by atoms with Crippen molar-refractivity contribution in [1.82, 2.24) is 10.2 Å². The van der Waals surface area contributed by atoms with E-state index in [0.29, 0.717) is 18.4 Å². The Hall–Kier alpha value is -0.360. The molecular weight excluding hydrogens is 268 g/mol. The maximum absolute atomic E-state index is 11.3. The van der Waals surface area contributed by atoms with E-state index in [-0.39, 0.29) is 24.5 Å². The predicted molar refractivity (Wildman–Crippen MR) is 75.7 cm³/mol. The molecule has 0 amide bonds. The van der Waals surface area contributed by atoms with Gasteiger partial charge in [0, 0.05) is 26.2 Å². The summed E-state index contributed by atoms with van der Waals surface area (Å²) in [4.78, 5) is 13.7. The molecule has 2 atom stereocenters. The van der Waals surface area contributed by atoms with E-state index < -0.39 is 0 Å². The van der Waals surface area contributed by atoms with Crippen molar-refractivity contribution >= 4 is 18.4 Å². The topological polar surface area (TPSA) is 50.8 Å². The number of esters is 1. The maximum atomic E-state index is 11.3. The number of carbonyl (C=O) groups excluding carboxylic acids is 1. The lowest BCUT2D eigenvalue weighted by Gasteiger charge is -2.37. The Balaban J connectivity index is 0.00000180. The molecule has 0 aromatic rings. The Morgan fingerprint density at radius 1 is 1.58 bits per heavy atom. The quantitative estimate of drug-likeness (QED) is 0.772. The van der Waals surface area contributed by atoms with Gasteiger partial charge in [-0.05, 0) is 18.4 Å². The summed E-state index contributed by atoms with van der Waals surface area (Å²) in [6.45, 7) is 8.14. The highest BCUT2D eigenvalue weighted by atomic mass is 35.5. The summed E-state index contributed by atoms with van der Waals surface area (Å²) in [7, 11) is 1.42. The molecule has 0 aliphatic carbocycles. The van der Waals surface area contributed by atoms with Crippen LogP contribution in [0.2, 0.25) is 0 Å². The zero-order chi connectivity index (χ0) is 13.0. The standard InChI is InChI=1S/C13H24N2O3.ClH/c1-13(3-4-14-9-13)10-15-5-6-18-11(8-15)7-12(16)17-2;/h11,14H,3-10H2,1-2H3;1H. The van der Waals surface area contributed by atoms with Crippen LogP contribution in [-0.2, 0) is 14.3 Å². The number of morpholine rings is 1. The smallest absolute Gasteiger partial charge is 0.308 e. The molecule has 0 bridgehead atoms. The van der Waals surface area contributed by atoms with Gasteiger partial charge in [-0.1, -0.05) is 6.92 Å². The van der Waals surface area contributed by atoms with Crippen LogP contribution in [0.5, 0.6) is 0 Å². The van der Waals surface area contributed by atoms with Gasteiger partial charge in [0.2, 0.25) is 0 Å². The fraction of sp³-hybridized carbons (Fsp3) is 0.923. The molecule has 2 aliphatic heterocycles. The monoisotopic (exact) mass is 292 g/mol. The maximum Gasteiger partial charge on any atom is 0.308 e. The summed E-state index contributed by atoms with van der Waals surface area (Å²) in [5.74, 6) is -0.185. The SMILES string of the molecule is COC(=O)CC1CN(CC2(C)CCNC2)CCO1.Cl. The second-order valence-electron chi connectivity index (χ2n) is 5.75. The lowest BCUT2D eigenvalue weighted by molar-refractivity contribution is -0.145. The van der Waals surface area contributed by atoms with Crippen LogP contribution in [0, 0.1) is 5.41 Å². The van der Waals surface area contributed by atoms with Crippen LogP contribution in [0.3, 0.4) is 0 Å².